The summed E-state index contributed by atoms with van der Waals surface area (Å²) in [7, 11) is 1.77. The summed E-state index contributed by atoms with van der Waals surface area (Å²) in [6.45, 7) is 2.12. The molecule has 3 aliphatic carbocycles. The highest BCUT2D eigenvalue weighted by atomic mass is 16.5. The Balaban J connectivity index is 1.73. The lowest BCUT2D eigenvalue weighted by atomic mass is 9.53. The zero-order valence-corrected chi connectivity index (χ0v) is 13.7. The van der Waals surface area contributed by atoms with Gasteiger partial charge in [0.25, 0.3) is 0 Å². The van der Waals surface area contributed by atoms with Gasteiger partial charge in [-0.15, -0.1) is 0 Å². The highest BCUT2D eigenvalue weighted by Crippen LogP contribution is 2.61. The van der Waals surface area contributed by atoms with Crippen LogP contribution in [0.5, 0.6) is 0 Å². The number of Topliss-reactive ketones (excluding diaryl/α,β-unsaturated/α-hetero) is 1. The molecule has 0 amide bonds. The molecule has 0 radical (unpaired) electrons. The van der Waals surface area contributed by atoms with Crippen molar-refractivity contribution in [2.24, 2.45) is 17.3 Å². The molecule has 1 aromatic rings. The van der Waals surface area contributed by atoms with Crippen LogP contribution in [0.2, 0.25) is 0 Å². The third kappa shape index (κ3) is 1.79. The fraction of sp³-hybridized carbons (Fsp3) is 0.650. The maximum absolute atomic E-state index is 12.8. The molecule has 2 nitrogen and oxygen atoms in total. The summed E-state index contributed by atoms with van der Waals surface area (Å²) in [6.07, 6.45) is 6.50. The number of rotatable bonds is 2. The predicted octanol–water partition coefficient (Wildman–Crippen LogP) is 4.13. The monoisotopic (exact) mass is 298 g/mol. The minimum Gasteiger partial charge on any atom is -0.381 e. The van der Waals surface area contributed by atoms with E-state index in [1.807, 2.05) is 0 Å². The van der Waals surface area contributed by atoms with Crippen LogP contribution >= 0.6 is 0 Å². The molecule has 5 atom stereocenters. The fourth-order valence-corrected chi connectivity index (χ4v) is 5.97. The Morgan fingerprint density at radius 2 is 2.00 bits per heavy atom. The Bertz CT molecular complexity index is 593. The number of ketones is 1. The second-order valence-corrected chi connectivity index (χ2v) is 7.53. The lowest BCUT2D eigenvalue weighted by Crippen LogP contribution is -2.50. The van der Waals surface area contributed by atoms with Crippen molar-refractivity contribution in [1.29, 1.82) is 0 Å². The van der Waals surface area contributed by atoms with Crippen molar-refractivity contribution in [3.63, 3.8) is 0 Å². The largest absolute Gasteiger partial charge is 0.381 e. The van der Waals surface area contributed by atoms with Crippen LogP contribution in [-0.4, -0.2) is 19.0 Å². The summed E-state index contributed by atoms with van der Waals surface area (Å²) >= 11 is 0. The van der Waals surface area contributed by atoms with Gasteiger partial charge in [0.2, 0.25) is 0 Å². The first kappa shape index (κ1) is 14.4. The number of fused-ring (bicyclic) bond motifs is 5. The molecule has 0 bridgehead atoms. The minimum absolute atomic E-state index is 0.0608. The van der Waals surface area contributed by atoms with Gasteiger partial charge in [0.1, 0.15) is 5.78 Å². The maximum Gasteiger partial charge on any atom is 0.141 e. The number of hydrogen-bond donors (Lipinski definition) is 0. The van der Waals surface area contributed by atoms with Crippen LogP contribution in [0.25, 0.3) is 0 Å². The first-order valence-electron chi connectivity index (χ1n) is 8.82. The second-order valence-electron chi connectivity index (χ2n) is 7.53. The summed E-state index contributed by atoms with van der Waals surface area (Å²) in [5, 5.41) is 0. The van der Waals surface area contributed by atoms with Gasteiger partial charge in [-0.05, 0) is 67.9 Å². The maximum atomic E-state index is 12.8. The lowest BCUT2D eigenvalue weighted by Gasteiger charge is -2.51. The van der Waals surface area contributed by atoms with Crippen LogP contribution in [0, 0.1) is 17.3 Å². The summed E-state index contributed by atoms with van der Waals surface area (Å²) < 4.78 is 5.69. The Morgan fingerprint density at radius 3 is 2.82 bits per heavy atom. The van der Waals surface area contributed by atoms with E-state index in [1.165, 1.54) is 12.8 Å². The molecule has 4 rings (SSSR count). The van der Waals surface area contributed by atoms with Crippen LogP contribution < -0.4 is 0 Å². The summed E-state index contributed by atoms with van der Waals surface area (Å²) in [5.41, 5.74) is 2.92. The molecular formula is C20H26O2. The van der Waals surface area contributed by atoms with Gasteiger partial charge in [-0.25, -0.2) is 0 Å². The van der Waals surface area contributed by atoms with Crippen molar-refractivity contribution in [1.82, 2.24) is 0 Å². The molecule has 2 fully saturated rings. The molecule has 0 aliphatic heterocycles. The smallest absolute Gasteiger partial charge is 0.141 e. The molecule has 0 N–H and O–H groups in total. The van der Waals surface area contributed by atoms with Crippen molar-refractivity contribution in [3.8, 4) is 0 Å². The molecular weight excluding hydrogens is 272 g/mol. The van der Waals surface area contributed by atoms with Crippen LogP contribution in [0.3, 0.4) is 0 Å². The molecule has 3 aliphatic rings. The van der Waals surface area contributed by atoms with E-state index in [4.69, 9.17) is 4.74 Å². The van der Waals surface area contributed by atoms with Gasteiger partial charge in [-0.1, -0.05) is 24.3 Å². The van der Waals surface area contributed by atoms with Gasteiger partial charge in [-0.2, -0.15) is 0 Å². The zero-order valence-electron chi connectivity index (χ0n) is 13.7. The molecule has 22 heavy (non-hydrogen) atoms. The van der Waals surface area contributed by atoms with E-state index in [0.717, 1.165) is 25.7 Å². The number of aryl methyl sites for hydroxylation is 1. The van der Waals surface area contributed by atoms with Crippen molar-refractivity contribution in [2.75, 3.05) is 7.11 Å². The number of methoxy groups -OCH3 is 1. The Labute approximate surface area is 133 Å². The number of carbonyl (C=O) groups excluding carboxylic acids is 1. The van der Waals surface area contributed by atoms with Crippen LogP contribution in [0.15, 0.2) is 24.3 Å². The van der Waals surface area contributed by atoms with E-state index in [2.05, 4.69) is 31.2 Å². The van der Waals surface area contributed by atoms with E-state index in [-0.39, 0.29) is 11.5 Å². The van der Waals surface area contributed by atoms with Gasteiger partial charge < -0.3 is 4.74 Å². The van der Waals surface area contributed by atoms with E-state index in [9.17, 15) is 4.79 Å². The van der Waals surface area contributed by atoms with Gasteiger partial charge in [0, 0.05) is 13.5 Å². The normalized spacial score (nSPS) is 38.1. The first-order valence-corrected chi connectivity index (χ1v) is 8.82. The number of carbonyl (C=O) groups is 1. The van der Waals surface area contributed by atoms with E-state index >= 15 is 0 Å². The van der Waals surface area contributed by atoms with Crippen molar-refractivity contribution >= 4 is 5.78 Å². The van der Waals surface area contributed by atoms with Gasteiger partial charge in [0.05, 0.1) is 11.5 Å². The van der Waals surface area contributed by atoms with Gasteiger partial charge in [0.15, 0.2) is 0 Å². The predicted molar refractivity (Wildman–Crippen MR) is 86.9 cm³/mol. The highest BCUT2D eigenvalue weighted by molar-refractivity contribution is 5.88. The molecule has 118 valence electrons. The highest BCUT2D eigenvalue weighted by Gasteiger charge is 2.59. The number of ether oxygens (including phenoxy) is 1. The molecule has 0 spiro atoms. The summed E-state index contributed by atoms with van der Waals surface area (Å²) in [4.78, 5) is 12.8. The Hall–Kier alpha value is -1.15. The second kappa shape index (κ2) is 5.19. The van der Waals surface area contributed by atoms with Gasteiger partial charge in [-0.3, -0.25) is 4.79 Å². The number of benzene rings is 1. The third-order valence-electron chi connectivity index (χ3n) is 7.05. The fourth-order valence-electron chi connectivity index (χ4n) is 5.97. The van der Waals surface area contributed by atoms with Crippen molar-refractivity contribution in [2.45, 2.75) is 57.5 Å². The Kier molecular flexibility index (Phi) is 3.41. The molecule has 2 heteroatoms. The quantitative estimate of drug-likeness (QED) is 0.820. The first-order chi connectivity index (χ1) is 10.7. The van der Waals surface area contributed by atoms with Crippen molar-refractivity contribution in [3.05, 3.63) is 35.4 Å². The molecule has 1 aromatic carbocycles. The van der Waals surface area contributed by atoms with Crippen LogP contribution in [0.4, 0.5) is 0 Å². The topological polar surface area (TPSA) is 26.3 Å². The zero-order chi connectivity index (χ0) is 15.3. The molecule has 2 saturated carbocycles. The molecule has 1 unspecified atom stereocenters. The average molecular weight is 298 g/mol. The minimum atomic E-state index is -0.192. The van der Waals surface area contributed by atoms with E-state index in [1.54, 1.807) is 18.2 Å². The van der Waals surface area contributed by atoms with Gasteiger partial charge >= 0.3 is 0 Å². The molecule has 0 aromatic heterocycles. The summed E-state index contributed by atoms with van der Waals surface area (Å²) in [5.74, 6) is 2.34. The SMILES string of the molecule is COC(C)[C@]12CC[C@@H]3c4ccccc4CC[C@H]3[C@@H]1CCC2=O. The standard InChI is InChI=1S/C20H26O2/c1-13(22-2)20-12-11-16-15-6-4-3-5-14(15)7-8-17(16)18(20)9-10-19(20)21/h3-6,13,16-18H,7-12H2,1-2H3/t13?,16-,17-,18+,20-/m1/s1. The van der Waals surface area contributed by atoms with E-state index in [0.29, 0.717) is 23.5 Å². The third-order valence-corrected chi connectivity index (χ3v) is 7.05. The van der Waals surface area contributed by atoms with Crippen molar-refractivity contribution < 1.29 is 9.53 Å². The lowest BCUT2D eigenvalue weighted by molar-refractivity contribution is -0.143. The summed E-state index contributed by atoms with van der Waals surface area (Å²) in [6, 6.07) is 8.97. The molecule has 0 heterocycles. The number of hydrogen-bond acceptors (Lipinski definition) is 2. The van der Waals surface area contributed by atoms with E-state index < -0.39 is 0 Å². The molecule has 0 saturated heterocycles. The Morgan fingerprint density at radius 1 is 1.18 bits per heavy atom. The van der Waals surface area contributed by atoms with Crippen LogP contribution in [-0.2, 0) is 16.0 Å². The average Bonchev–Trinajstić information content (AvgIpc) is 2.92. The van der Waals surface area contributed by atoms with Crippen LogP contribution in [0.1, 0.15) is 56.1 Å².